The monoisotopic (exact) mass is 456 g/mol. The molecular formula is C26H28N6O2. The van der Waals surface area contributed by atoms with Gasteiger partial charge >= 0.3 is 0 Å². The molecular weight excluding hydrogens is 428 g/mol. The molecule has 3 aromatic rings. The molecule has 1 atom stereocenters. The number of nitrogens with zero attached hydrogens (tertiary/aromatic N) is 5. The van der Waals surface area contributed by atoms with E-state index in [1.165, 1.54) is 13.3 Å². The van der Waals surface area contributed by atoms with Gasteiger partial charge in [-0.15, -0.1) is 10.2 Å². The number of rotatable bonds is 5. The Balaban J connectivity index is 1.40. The third-order valence-corrected chi connectivity index (χ3v) is 6.52. The van der Waals surface area contributed by atoms with Crippen LogP contribution in [0.4, 0.5) is 11.4 Å². The van der Waals surface area contributed by atoms with Crippen LogP contribution in [0.5, 0.6) is 0 Å². The molecule has 174 valence electrons. The van der Waals surface area contributed by atoms with E-state index in [0.29, 0.717) is 11.4 Å². The lowest BCUT2D eigenvalue weighted by Crippen LogP contribution is -2.33. The Morgan fingerprint density at radius 1 is 1.03 bits per heavy atom. The molecule has 2 aliphatic rings. The Kier molecular flexibility index (Phi) is 5.96. The second kappa shape index (κ2) is 9.21. The molecule has 0 bridgehead atoms. The number of ketones is 1. The van der Waals surface area contributed by atoms with E-state index in [1.807, 2.05) is 55.5 Å². The molecule has 0 aliphatic carbocycles. The SMILES string of the molecule is CC(=O)C1CC(C(=O)Nc2cc(-c3nnc4n3CCCCC4)ccc2C)=NN1c1ccccc1. The van der Waals surface area contributed by atoms with Crippen LogP contribution in [0.2, 0.25) is 0 Å². The summed E-state index contributed by atoms with van der Waals surface area (Å²) >= 11 is 0. The zero-order valence-corrected chi connectivity index (χ0v) is 19.5. The fourth-order valence-corrected chi connectivity index (χ4v) is 4.57. The van der Waals surface area contributed by atoms with Gasteiger partial charge in [-0.2, -0.15) is 5.10 Å². The number of amides is 1. The fraction of sp³-hybridized carbons (Fsp3) is 0.346. The molecule has 1 N–H and O–H groups in total. The number of Topliss-reactive ketones (excluding diaryl/α,β-unsaturated/α-hetero) is 1. The molecule has 2 aromatic carbocycles. The number of hydrogen-bond acceptors (Lipinski definition) is 6. The third kappa shape index (κ3) is 4.23. The van der Waals surface area contributed by atoms with Crippen molar-refractivity contribution >= 4 is 28.8 Å². The normalized spacial score (nSPS) is 17.6. The van der Waals surface area contributed by atoms with Crippen molar-refractivity contribution in [3.63, 3.8) is 0 Å². The number of carbonyl (C=O) groups excluding carboxylic acids is 2. The first-order valence-corrected chi connectivity index (χ1v) is 11.8. The van der Waals surface area contributed by atoms with E-state index in [9.17, 15) is 9.59 Å². The van der Waals surface area contributed by atoms with Gasteiger partial charge in [-0.05, 0) is 50.5 Å². The van der Waals surface area contributed by atoms with Crippen molar-refractivity contribution in [2.75, 3.05) is 10.3 Å². The third-order valence-electron chi connectivity index (χ3n) is 6.52. The Bertz CT molecular complexity index is 1260. The van der Waals surface area contributed by atoms with E-state index < -0.39 is 6.04 Å². The molecule has 8 nitrogen and oxygen atoms in total. The number of aryl methyl sites for hydroxylation is 2. The molecule has 1 unspecified atom stereocenters. The average Bonchev–Trinajstić information content (AvgIpc) is 3.40. The summed E-state index contributed by atoms with van der Waals surface area (Å²) < 4.78 is 2.19. The number of nitrogens with one attached hydrogen (secondary N) is 1. The Morgan fingerprint density at radius 3 is 2.65 bits per heavy atom. The van der Waals surface area contributed by atoms with Crippen molar-refractivity contribution in [1.29, 1.82) is 0 Å². The number of carbonyl (C=O) groups is 2. The van der Waals surface area contributed by atoms with Crippen LogP contribution in [-0.2, 0) is 22.6 Å². The molecule has 1 aromatic heterocycles. The van der Waals surface area contributed by atoms with Crippen LogP contribution in [-0.4, -0.2) is 38.2 Å². The zero-order chi connectivity index (χ0) is 23.7. The van der Waals surface area contributed by atoms with Crippen molar-refractivity contribution in [2.24, 2.45) is 5.10 Å². The highest BCUT2D eigenvalue weighted by Crippen LogP contribution is 2.28. The minimum atomic E-state index is -0.484. The predicted octanol–water partition coefficient (Wildman–Crippen LogP) is 4.14. The summed E-state index contributed by atoms with van der Waals surface area (Å²) in [4.78, 5) is 25.4. The predicted molar refractivity (Wildman–Crippen MR) is 132 cm³/mol. The standard InChI is InChI=1S/C26H28N6O2/c1-17-12-13-19(25-29-28-24-11-7-4-8-14-31(24)25)15-21(17)27-26(34)22-16-23(18(2)33)32(30-22)20-9-5-3-6-10-20/h3,5-6,9-10,12-13,15,23H,4,7-8,11,14,16H2,1-2H3,(H,27,34). The Morgan fingerprint density at radius 2 is 1.85 bits per heavy atom. The van der Waals surface area contributed by atoms with E-state index in [1.54, 1.807) is 5.01 Å². The minimum absolute atomic E-state index is 0.0268. The van der Waals surface area contributed by atoms with Gasteiger partial charge in [0.1, 0.15) is 17.6 Å². The zero-order valence-electron chi connectivity index (χ0n) is 19.5. The Hall–Kier alpha value is -3.81. The second-order valence-corrected chi connectivity index (χ2v) is 8.94. The van der Waals surface area contributed by atoms with Crippen LogP contribution in [0.25, 0.3) is 11.4 Å². The van der Waals surface area contributed by atoms with Gasteiger partial charge in [0.25, 0.3) is 5.91 Å². The molecule has 2 aliphatic heterocycles. The largest absolute Gasteiger partial charge is 0.321 e. The van der Waals surface area contributed by atoms with Gasteiger partial charge in [-0.25, -0.2) is 0 Å². The van der Waals surface area contributed by atoms with E-state index in [4.69, 9.17) is 0 Å². The molecule has 0 saturated carbocycles. The average molecular weight is 457 g/mol. The summed E-state index contributed by atoms with van der Waals surface area (Å²) in [5.41, 5.74) is 3.69. The molecule has 1 amide bonds. The Labute approximate surface area is 198 Å². The first-order valence-electron chi connectivity index (χ1n) is 11.8. The number of hydrazone groups is 1. The van der Waals surface area contributed by atoms with Crippen LogP contribution in [0.15, 0.2) is 53.6 Å². The maximum Gasteiger partial charge on any atom is 0.271 e. The van der Waals surface area contributed by atoms with Crippen LogP contribution >= 0.6 is 0 Å². The lowest BCUT2D eigenvalue weighted by molar-refractivity contribution is -0.118. The van der Waals surface area contributed by atoms with E-state index >= 15 is 0 Å². The smallest absolute Gasteiger partial charge is 0.271 e. The van der Waals surface area contributed by atoms with Crippen LogP contribution < -0.4 is 10.3 Å². The number of anilines is 2. The topological polar surface area (TPSA) is 92.5 Å². The van der Waals surface area contributed by atoms with E-state index in [2.05, 4.69) is 25.2 Å². The first kappa shape index (κ1) is 22.0. The van der Waals surface area contributed by atoms with Gasteiger partial charge in [0, 0.05) is 30.6 Å². The quantitative estimate of drug-likeness (QED) is 0.623. The van der Waals surface area contributed by atoms with Crippen molar-refractivity contribution in [1.82, 2.24) is 14.8 Å². The molecule has 0 spiro atoms. The number of benzene rings is 2. The van der Waals surface area contributed by atoms with E-state index in [0.717, 1.165) is 54.3 Å². The highest BCUT2D eigenvalue weighted by molar-refractivity contribution is 6.44. The fourth-order valence-electron chi connectivity index (χ4n) is 4.57. The molecule has 34 heavy (non-hydrogen) atoms. The molecule has 0 fully saturated rings. The number of hydrogen-bond donors (Lipinski definition) is 1. The van der Waals surface area contributed by atoms with Gasteiger partial charge in [0.2, 0.25) is 0 Å². The first-order chi connectivity index (χ1) is 16.5. The van der Waals surface area contributed by atoms with Gasteiger partial charge in [0.05, 0.1) is 5.69 Å². The van der Waals surface area contributed by atoms with Crippen LogP contribution in [0.1, 0.15) is 44.0 Å². The molecule has 5 rings (SSSR count). The van der Waals surface area contributed by atoms with Crippen LogP contribution in [0, 0.1) is 6.92 Å². The van der Waals surface area contributed by atoms with Crippen LogP contribution in [0.3, 0.4) is 0 Å². The highest BCUT2D eigenvalue weighted by atomic mass is 16.2. The molecule has 0 radical (unpaired) electrons. The van der Waals surface area contributed by atoms with Gasteiger partial charge in [-0.1, -0.05) is 36.8 Å². The van der Waals surface area contributed by atoms with Gasteiger partial charge in [-0.3, -0.25) is 14.6 Å². The lowest BCUT2D eigenvalue weighted by atomic mass is 10.1. The van der Waals surface area contributed by atoms with Gasteiger partial charge < -0.3 is 9.88 Å². The molecule has 3 heterocycles. The maximum absolute atomic E-state index is 13.2. The van der Waals surface area contributed by atoms with Gasteiger partial charge in [0.15, 0.2) is 11.6 Å². The summed E-state index contributed by atoms with van der Waals surface area (Å²) in [5.74, 6) is 1.53. The summed E-state index contributed by atoms with van der Waals surface area (Å²) in [7, 11) is 0. The summed E-state index contributed by atoms with van der Waals surface area (Å²) in [6.45, 7) is 4.40. The van der Waals surface area contributed by atoms with E-state index in [-0.39, 0.29) is 18.1 Å². The molecule has 0 saturated heterocycles. The lowest BCUT2D eigenvalue weighted by Gasteiger charge is -2.20. The van der Waals surface area contributed by atoms with Crippen molar-refractivity contribution in [3.05, 3.63) is 59.9 Å². The second-order valence-electron chi connectivity index (χ2n) is 8.94. The highest BCUT2D eigenvalue weighted by Gasteiger charge is 2.34. The summed E-state index contributed by atoms with van der Waals surface area (Å²) in [6.07, 6.45) is 4.66. The van der Waals surface area contributed by atoms with Crippen molar-refractivity contribution in [3.8, 4) is 11.4 Å². The number of aromatic nitrogens is 3. The summed E-state index contributed by atoms with van der Waals surface area (Å²) in [5, 5.41) is 18.0. The van der Waals surface area contributed by atoms with Crippen molar-refractivity contribution < 1.29 is 9.59 Å². The summed E-state index contributed by atoms with van der Waals surface area (Å²) in [6, 6.07) is 14.9. The van der Waals surface area contributed by atoms with Crippen molar-refractivity contribution in [2.45, 2.75) is 58.5 Å². The number of fused-ring (bicyclic) bond motifs is 1. The number of para-hydroxylation sites is 1. The minimum Gasteiger partial charge on any atom is -0.321 e. The maximum atomic E-state index is 13.2. The molecule has 8 heteroatoms.